The summed E-state index contributed by atoms with van der Waals surface area (Å²) in [6, 6.07) is 8.44. The van der Waals surface area contributed by atoms with Crippen molar-refractivity contribution in [3.05, 3.63) is 47.8 Å². The van der Waals surface area contributed by atoms with Crippen LogP contribution in [0.5, 0.6) is 0 Å². The van der Waals surface area contributed by atoms with Crippen LogP contribution in [-0.2, 0) is 4.79 Å². The molecule has 0 bridgehead atoms. The summed E-state index contributed by atoms with van der Waals surface area (Å²) in [6.45, 7) is 5.15. The first-order valence-electron chi connectivity index (χ1n) is 7.05. The standard InChI is InChI=1S/C16H19N3O3/c1-10-8-9-19(18-10)14-6-4-13(5-7-14)15(20)17-12(3)11(2)16(21)22/h4-9,11-12H,1-3H3,(H,17,20)(H,21,22). The second-order valence-electron chi connectivity index (χ2n) is 5.34. The SMILES string of the molecule is Cc1ccn(-c2ccc(C(=O)NC(C)C(C)C(=O)O)cc2)n1. The smallest absolute Gasteiger partial charge is 0.308 e. The number of carboxylic acid groups (broad SMARTS) is 1. The van der Waals surface area contributed by atoms with E-state index in [1.165, 1.54) is 0 Å². The van der Waals surface area contributed by atoms with Crippen LogP contribution in [0.25, 0.3) is 5.69 Å². The molecule has 1 aromatic carbocycles. The Bertz CT molecular complexity index is 676. The first-order chi connectivity index (χ1) is 10.4. The van der Waals surface area contributed by atoms with Crippen molar-refractivity contribution in [1.29, 1.82) is 0 Å². The highest BCUT2D eigenvalue weighted by Gasteiger charge is 2.21. The van der Waals surface area contributed by atoms with Crippen LogP contribution in [0.2, 0.25) is 0 Å². The van der Waals surface area contributed by atoms with Gasteiger partial charge in [0.15, 0.2) is 0 Å². The second-order valence-corrected chi connectivity index (χ2v) is 5.34. The molecule has 0 aliphatic heterocycles. The largest absolute Gasteiger partial charge is 0.481 e. The van der Waals surface area contributed by atoms with Gasteiger partial charge >= 0.3 is 5.97 Å². The number of hydrogen-bond donors (Lipinski definition) is 2. The first-order valence-corrected chi connectivity index (χ1v) is 7.05. The van der Waals surface area contributed by atoms with Crippen LogP contribution in [0.15, 0.2) is 36.5 Å². The minimum Gasteiger partial charge on any atom is -0.481 e. The molecule has 116 valence electrons. The molecule has 0 saturated carbocycles. The molecule has 0 aliphatic carbocycles. The predicted molar refractivity (Wildman–Crippen MR) is 82.0 cm³/mol. The third-order valence-electron chi connectivity index (χ3n) is 3.61. The van der Waals surface area contributed by atoms with Crippen LogP contribution in [-0.4, -0.2) is 32.8 Å². The molecule has 2 atom stereocenters. The van der Waals surface area contributed by atoms with E-state index in [1.54, 1.807) is 42.8 Å². The van der Waals surface area contributed by atoms with Gasteiger partial charge in [-0.1, -0.05) is 0 Å². The number of nitrogens with one attached hydrogen (secondary N) is 1. The summed E-state index contributed by atoms with van der Waals surface area (Å²) in [5.74, 6) is -1.86. The van der Waals surface area contributed by atoms with E-state index in [1.807, 2.05) is 19.2 Å². The Kier molecular flexibility index (Phi) is 4.60. The normalized spacial score (nSPS) is 13.4. The van der Waals surface area contributed by atoms with Crippen molar-refractivity contribution >= 4 is 11.9 Å². The minimum atomic E-state index is -0.933. The van der Waals surface area contributed by atoms with Gasteiger partial charge in [-0.15, -0.1) is 0 Å². The maximum atomic E-state index is 12.1. The van der Waals surface area contributed by atoms with Crippen molar-refractivity contribution in [2.24, 2.45) is 5.92 Å². The molecule has 2 aromatic rings. The van der Waals surface area contributed by atoms with E-state index in [4.69, 9.17) is 5.11 Å². The van der Waals surface area contributed by atoms with Crippen molar-refractivity contribution in [2.75, 3.05) is 0 Å². The Morgan fingerprint density at radius 3 is 2.32 bits per heavy atom. The molecule has 0 radical (unpaired) electrons. The van der Waals surface area contributed by atoms with Gasteiger partial charge in [0.2, 0.25) is 0 Å². The van der Waals surface area contributed by atoms with Gasteiger partial charge in [0, 0.05) is 17.8 Å². The molecule has 22 heavy (non-hydrogen) atoms. The summed E-state index contributed by atoms with van der Waals surface area (Å²) < 4.78 is 1.73. The summed E-state index contributed by atoms with van der Waals surface area (Å²) in [5.41, 5.74) is 2.26. The summed E-state index contributed by atoms with van der Waals surface area (Å²) in [7, 11) is 0. The molecule has 0 fully saturated rings. The van der Waals surface area contributed by atoms with Gasteiger partial charge in [-0.2, -0.15) is 5.10 Å². The zero-order valence-electron chi connectivity index (χ0n) is 12.8. The average molecular weight is 301 g/mol. The lowest BCUT2D eigenvalue weighted by Gasteiger charge is -2.17. The van der Waals surface area contributed by atoms with E-state index < -0.39 is 17.9 Å². The monoisotopic (exact) mass is 301 g/mol. The maximum Gasteiger partial charge on any atom is 0.308 e. The number of aryl methyl sites for hydroxylation is 1. The Labute approximate surface area is 128 Å². The van der Waals surface area contributed by atoms with E-state index in [2.05, 4.69) is 10.4 Å². The van der Waals surface area contributed by atoms with E-state index in [0.717, 1.165) is 11.4 Å². The molecule has 2 N–H and O–H groups in total. The number of carbonyl (C=O) groups is 2. The number of aliphatic carboxylic acids is 1. The summed E-state index contributed by atoms with van der Waals surface area (Å²) in [4.78, 5) is 23.0. The molecular formula is C16H19N3O3. The summed E-state index contributed by atoms with van der Waals surface area (Å²) >= 11 is 0. The van der Waals surface area contributed by atoms with E-state index in [9.17, 15) is 9.59 Å². The quantitative estimate of drug-likeness (QED) is 0.885. The first kappa shape index (κ1) is 15.8. The second kappa shape index (κ2) is 6.43. The Morgan fingerprint density at radius 1 is 1.18 bits per heavy atom. The molecule has 6 nitrogen and oxygen atoms in total. The average Bonchev–Trinajstić information content (AvgIpc) is 2.93. The van der Waals surface area contributed by atoms with Crippen molar-refractivity contribution < 1.29 is 14.7 Å². The number of carbonyl (C=O) groups excluding carboxylic acids is 1. The highest BCUT2D eigenvalue weighted by atomic mass is 16.4. The molecule has 2 rings (SSSR count). The number of benzene rings is 1. The van der Waals surface area contributed by atoms with Crippen LogP contribution in [0, 0.1) is 12.8 Å². The Morgan fingerprint density at radius 2 is 1.82 bits per heavy atom. The summed E-state index contributed by atoms with van der Waals surface area (Å²) in [6.07, 6.45) is 1.85. The zero-order valence-corrected chi connectivity index (χ0v) is 12.8. The van der Waals surface area contributed by atoms with Gasteiger partial charge in [0.05, 0.1) is 17.3 Å². The lowest BCUT2D eigenvalue weighted by Crippen LogP contribution is -2.40. The fourth-order valence-electron chi connectivity index (χ4n) is 1.95. The lowest BCUT2D eigenvalue weighted by molar-refractivity contribution is -0.141. The molecule has 1 heterocycles. The Hall–Kier alpha value is -2.63. The molecule has 0 aliphatic rings. The number of carboxylic acids is 1. The third kappa shape index (κ3) is 3.52. The molecule has 1 aromatic heterocycles. The van der Waals surface area contributed by atoms with Gasteiger partial charge in [0.25, 0.3) is 5.91 Å². The third-order valence-corrected chi connectivity index (χ3v) is 3.61. The minimum absolute atomic E-state index is 0.288. The molecule has 1 amide bonds. The van der Waals surface area contributed by atoms with Crippen molar-refractivity contribution in [2.45, 2.75) is 26.8 Å². The molecule has 2 unspecified atom stereocenters. The van der Waals surface area contributed by atoms with E-state index >= 15 is 0 Å². The topological polar surface area (TPSA) is 84.2 Å². The summed E-state index contributed by atoms with van der Waals surface area (Å²) in [5, 5.41) is 15.9. The molecule has 0 spiro atoms. The van der Waals surface area contributed by atoms with Crippen molar-refractivity contribution in [3.8, 4) is 5.69 Å². The predicted octanol–water partition coefficient (Wildman–Crippen LogP) is 2.02. The van der Waals surface area contributed by atoms with Crippen molar-refractivity contribution in [3.63, 3.8) is 0 Å². The van der Waals surface area contributed by atoms with Crippen molar-refractivity contribution in [1.82, 2.24) is 15.1 Å². The number of rotatable bonds is 5. The van der Waals surface area contributed by atoms with Crippen LogP contribution in [0.4, 0.5) is 0 Å². The van der Waals surface area contributed by atoms with Gasteiger partial charge < -0.3 is 10.4 Å². The number of hydrogen-bond acceptors (Lipinski definition) is 3. The van der Waals surface area contributed by atoms with E-state index in [-0.39, 0.29) is 5.91 Å². The molecule has 6 heteroatoms. The highest BCUT2D eigenvalue weighted by molar-refractivity contribution is 5.94. The lowest BCUT2D eigenvalue weighted by atomic mass is 10.0. The van der Waals surface area contributed by atoms with Crippen LogP contribution in [0.1, 0.15) is 29.9 Å². The maximum absolute atomic E-state index is 12.1. The van der Waals surface area contributed by atoms with Crippen LogP contribution >= 0.6 is 0 Å². The Balaban J connectivity index is 2.07. The van der Waals surface area contributed by atoms with Gasteiger partial charge in [-0.25, -0.2) is 4.68 Å². The van der Waals surface area contributed by atoms with Gasteiger partial charge in [-0.05, 0) is 51.1 Å². The van der Waals surface area contributed by atoms with Gasteiger partial charge in [0.1, 0.15) is 0 Å². The van der Waals surface area contributed by atoms with Crippen LogP contribution in [0.3, 0.4) is 0 Å². The number of aromatic nitrogens is 2. The molecule has 0 saturated heterocycles. The fraction of sp³-hybridized carbons (Fsp3) is 0.312. The molecular weight excluding hydrogens is 282 g/mol. The van der Waals surface area contributed by atoms with Crippen LogP contribution < -0.4 is 5.32 Å². The number of amides is 1. The highest BCUT2D eigenvalue weighted by Crippen LogP contribution is 2.11. The fourth-order valence-corrected chi connectivity index (χ4v) is 1.95. The number of nitrogens with zero attached hydrogens (tertiary/aromatic N) is 2. The van der Waals surface area contributed by atoms with E-state index in [0.29, 0.717) is 5.56 Å². The van der Waals surface area contributed by atoms with Gasteiger partial charge in [-0.3, -0.25) is 9.59 Å². The zero-order chi connectivity index (χ0) is 16.3.